The van der Waals surface area contributed by atoms with Crippen LogP contribution in [0.2, 0.25) is 0 Å². The Kier molecular flexibility index (Phi) is 6.37. The molecule has 0 aromatic carbocycles. The van der Waals surface area contributed by atoms with Gasteiger partial charge in [-0.1, -0.05) is 27.7 Å². The molecule has 0 amide bonds. The van der Waals surface area contributed by atoms with Gasteiger partial charge in [-0.2, -0.15) is 11.8 Å². The third-order valence-electron chi connectivity index (χ3n) is 3.23. The van der Waals surface area contributed by atoms with Crippen LogP contribution in [0.5, 0.6) is 0 Å². The Bertz CT molecular complexity index is 409. The quantitative estimate of drug-likeness (QED) is 0.727. The van der Waals surface area contributed by atoms with Crippen molar-refractivity contribution in [2.45, 2.75) is 65.3 Å². The van der Waals surface area contributed by atoms with Crippen LogP contribution >= 0.6 is 23.1 Å². The number of thioether (sulfide) groups is 1. The predicted molar refractivity (Wildman–Crippen MR) is 91.5 cm³/mol. The summed E-state index contributed by atoms with van der Waals surface area (Å²) in [5.41, 5.74) is 1.35. The Morgan fingerprint density at radius 2 is 2.00 bits per heavy atom. The lowest BCUT2D eigenvalue weighted by molar-refractivity contribution is 0.623. The van der Waals surface area contributed by atoms with E-state index in [9.17, 15) is 0 Å². The van der Waals surface area contributed by atoms with Gasteiger partial charge in [0.05, 0.1) is 5.69 Å². The van der Waals surface area contributed by atoms with E-state index in [0.29, 0.717) is 5.92 Å². The van der Waals surface area contributed by atoms with Crippen LogP contribution in [0.3, 0.4) is 0 Å². The van der Waals surface area contributed by atoms with E-state index in [4.69, 9.17) is 4.98 Å². The van der Waals surface area contributed by atoms with Gasteiger partial charge in [-0.05, 0) is 36.9 Å². The molecule has 1 aliphatic rings. The van der Waals surface area contributed by atoms with Crippen LogP contribution in [0.25, 0.3) is 0 Å². The molecule has 0 radical (unpaired) electrons. The summed E-state index contributed by atoms with van der Waals surface area (Å²) in [6, 6.07) is 0.780. The fourth-order valence-corrected chi connectivity index (χ4v) is 4.25. The van der Waals surface area contributed by atoms with Gasteiger partial charge >= 0.3 is 0 Å². The standard InChI is InChI=1S/C16H28N2S2/c1-11(2)7-14-15(8-17-13-5-6-13)20-16(18-14)10-19-9-12(3)4/h11-13,17H,5-10H2,1-4H3. The first kappa shape index (κ1) is 16.3. The fraction of sp³-hybridized carbons (Fsp3) is 0.812. The van der Waals surface area contributed by atoms with Crippen LogP contribution in [0.1, 0.15) is 56.1 Å². The van der Waals surface area contributed by atoms with Crippen molar-refractivity contribution in [3.05, 3.63) is 15.6 Å². The Labute approximate surface area is 132 Å². The van der Waals surface area contributed by atoms with Gasteiger partial charge in [0.25, 0.3) is 0 Å². The Balaban J connectivity index is 1.93. The van der Waals surface area contributed by atoms with Crippen molar-refractivity contribution < 1.29 is 0 Å². The molecular formula is C16H28N2S2. The van der Waals surface area contributed by atoms with E-state index in [0.717, 1.165) is 30.7 Å². The normalized spacial score (nSPS) is 15.5. The summed E-state index contributed by atoms with van der Waals surface area (Å²) in [6.45, 7) is 10.2. The highest BCUT2D eigenvalue weighted by atomic mass is 32.2. The monoisotopic (exact) mass is 312 g/mol. The molecule has 4 heteroatoms. The molecule has 0 atom stereocenters. The second-order valence-electron chi connectivity index (χ2n) is 6.64. The lowest BCUT2D eigenvalue weighted by Gasteiger charge is -2.05. The molecule has 0 aliphatic heterocycles. The molecule has 1 saturated carbocycles. The average molecular weight is 313 g/mol. The molecule has 0 unspecified atom stereocenters. The van der Waals surface area contributed by atoms with Gasteiger partial charge in [-0.15, -0.1) is 11.3 Å². The summed E-state index contributed by atoms with van der Waals surface area (Å²) < 4.78 is 0. The second kappa shape index (κ2) is 7.81. The zero-order valence-electron chi connectivity index (χ0n) is 13.2. The topological polar surface area (TPSA) is 24.9 Å². The zero-order chi connectivity index (χ0) is 14.5. The molecule has 1 heterocycles. The molecule has 1 aromatic rings. The molecule has 0 saturated heterocycles. The maximum absolute atomic E-state index is 4.90. The van der Waals surface area contributed by atoms with Gasteiger partial charge in [0.2, 0.25) is 0 Å². The van der Waals surface area contributed by atoms with Crippen molar-refractivity contribution in [2.24, 2.45) is 11.8 Å². The Hall–Kier alpha value is -0.0600. The third kappa shape index (κ3) is 5.74. The number of rotatable bonds is 9. The van der Waals surface area contributed by atoms with Crippen LogP contribution in [0.4, 0.5) is 0 Å². The van der Waals surface area contributed by atoms with E-state index in [2.05, 4.69) is 33.0 Å². The summed E-state index contributed by atoms with van der Waals surface area (Å²) in [6.07, 6.45) is 3.83. The van der Waals surface area contributed by atoms with E-state index in [-0.39, 0.29) is 0 Å². The van der Waals surface area contributed by atoms with Crippen molar-refractivity contribution in [3.8, 4) is 0 Å². The van der Waals surface area contributed by atoms with Gasteiger partial charge in [-0.25, -0.2) is 4.98 Å². The minimum absolute atomic E-state index is 0.688. The highest BCUT2D eigenvalue weighted by Crippen LogP contribution is 2.27. The van der Waals surface area contributed by atoms with Gasteiger partial charge in [0, 0.05) is 23.2 Å². The molecule has 1 fully saturated rings. The lowest BCUT2D eigenvalue weighted by atomic mass is 10.1. The van der Waals surface area contributed by atoms with Crippen molar-refractivity contribution in [2.75, 3.05) is 5.75 Å². The molecule has 1 aromatic heterocycles. The van der Waals surface area contributed by atoms with Crippen LogP contribution in [0.15, 0.2) is 0 Å². The summed E-state index contributed by atoms with van der Waals surface area (Å²) in [5.74, 6) is 3.77. The number of nitrogens with one attached hydrogen (secondary N) is 1. The van der Waals surface area contributed by atoms with Crippen molar-refractivity contribution in [1.82, 2.24) is 10.3 Å². The third-order valence-corrected chi connectivity index (χ3v) is 5.89. The van der Waals surface area contributed by atoms with Crippen molar-refractivity contribution >= 4 is 23.1 Å². The number of hydrogen-bond acceptors (Lipinski definition) is 4. The molecule has 2 rings (SSSR count). The molecular weight excluding hydrogens is 284 g/mol. The molecule has 0 spiro atoms. The van der Waals surface area contributed by atoms with E-state index < -0.39 is 0 Å². The van der Waals surface area contributed by atoms with E-state index in [1.165, 1.54) is 34.2 Å². The largest absolute Gasteiger partial charge is 0.309 e. The smallest absolute Gasteiger partial charge is 0.103 e. The first-order valence-electron chi connectivity index (χ1n) is 7.83. The van der Waals surface area contributed by atoms with Gasteiger partial charge < -0.3 is 5.32 Å². The summed E-state index contributed by atoms with van der Waals surface area (Å²) in [7, 11) is 0. The molecule has 1 N–H and O–H groups in total. The van der Waals surface area contributed by atoms with Crippen molar-refractivity contribution in [1.29, 1.82) is 0 Å². The maximum atomic E-state index is 4.90. The molecule has 2 nitrogen and oxygen atoms in total. The predicted octanol–water partition coefficient (Wildman–Crippen LogP) is 4.48. The fourth-order valence-electron chi connectivity index (χ4n) is 2.09. The Morgan fingerprint density at radius 1 is 1.25 bits per heavy atom. The highest BCUT2D eigenvalue weighted by molar-refractivity contribution is 7.98. The number of nitrogens with zero attached hydrogens (tertiary/aromatic N) is 1. The van der Waals surface area contributed by atoms with Crippen LogP contribution in [-0.4, -0.2) is 16.8 Å². The maximum Gasteiger partial charge on any atom is 0.103 e. The highest BCUT2D eigenvalue weighted by Gasteiger charge is 2.21. The summed E-state index contributed by atoms with van der Waals surface area (Å²) in [4.78, 5) is 6.38. The summed E-state index contributed by atoms with van der Waals surface area (Å²) >= 11 is 3.95. The Morgan fingerprint density at radius 3 is 2.60 bits per heavy atom. The minimum atomic E-state index is 0.688. The minimum Gasteiger partial charge on any atom is -0.309 e. The second-order valence-corrected chi connectivity index (χ2v) is 8.84. The SMILES string of the molecule is CC(C)CSCc1nc(CC(C)C)c(CNC2CC2)s1. The number of thiazole rings is 1. The average Bonchev–Trinajstić information content (AvgIpc) is 3.10. The van der Waals surface area contributed by atoms with Gasteiger partial charge in [-0.3, -0.25) is 0 Å². The molecule has 114 valence electrons. The van der Waals surface area contributed by atoms with Gasteiger partial charge in [0.15, 0.2) is 0 Å². The van der Waals surface area contributed by atoms with Crippen LogP contribution < -0.4 is 5.32 Å². The first-order chi connectivity index (χ1) is 9.54. The van der Waals surface area contributed by atoms with E-state index >= 15 is 0 Å². The van der Waals surface area contributed by atoms with Crippen molar-refractivity contribution in [3.63, 3.8) is 0 Å². The molecule has 20 heavy (non-hydrogen) atoms. The van der Waals surface area contributed by atoms with Crippen LogP contribution in [-0.2, 0) is 18.7 Å². The van der Waals surface area contributed by atoms with E-state index in [1.807, 2.05) is 23.1 Å². The van der Waals surface area contributed by atoms with E-state index in [1.54, 1.807) is 0 Å². The number of hydrogen-bond donors (Lipinski definition) is 1. The molecule has 0 bridgehead atoms. The van der Waals surface area contributed by atoms with Crippen LogP contribution in [0, 0.1) is 11.8 Å². The molecule has 1 aliphatic carbocycles. The lowest BCUT2D eigenvalue weighted by Crippen LogP contribution is -2.15. The number of aromatic nitrogens is 1. The zero-order valence-corrected chi connectivity index (χ0v) is 14.9. The van der Waals surface area contributed by atoms with Gasteiger partial charge in [0.1, 0.15) is 5.01 Å². The summed E-state index contributed by atoms with van der Waals surface area (Å²) in [5, 5.41) is 4.96. The first-order valence-corrected chi connectivity index (χ1v) is 9.80.